The maximum atomic E-state index is 12.6. The van der Waals surface area contributed by atoms with Crippen LogP contribution in [0.5, 0.6) is 5.75 Å². The molecule has 2 aromatic carbocycles. The highest BCUT2D eigenvalue weighted by Crippen LogP contribution is 2.32. The predicted molar refractivity (Wildman–Crippen MR) is 86.9 cm³/mol. The predicted octanol–water partition coefficient (Wildman–Crippen LogP) is 4.25. The van der Waals surface area contributed by atoms with Crippen LogP contribution in [0.1, 0.15) is 17.2 Å². The van der Waals surface area contributed by atoms with Crippen LogP contribution in [0.15, 0.2) is 71.3 Å². The number of nitrogens with one attached hydrogen (secondary N) is 1. The lowest BCUT2D eigenvalue weighted by Crippen LogP contribution is -2.12. The fourth-order valence-corrected chi connectivity index (χ4v) is 2.53. The topological polar surface area (TPSA) is 69.4 Å². The van der Waals surface area contributed by atoms with Crippen LogP contribution in [0.2, 0.25) is 0 Å². The van der Waals surface area contributed by atoms with Gasteiger partial charge in [0.1, 0.15) is 11.9 Å². The van der Waals surface area contributed by atoms with Crippen molar-refractivity contribution >= 4 is 0 Å². The Morgan fingerprint density at radius 2 is 1.89 bits per heavy atom. The standard InChI is InChI=1S/C18H12F3N3O3/c19-18(20,21)13-6-4-11(5-7-13)15-9-16(24-27-15)26-14-3-1-2-12(8-14)17-23-22-10-25-17/h1-10,15,24H/t15-/m0/s1. The molecule has 0 aliphatic carbocycles. The molecule has 1 N–H and O–H groups in total. The first-order chi connectivity index (χ1) is 13.0. The van der Waals surface area contributed by atoms with Gasteiger partial charge in [-0.05, 0) is 35.9 Å². The fourth-order valence-electron chi connectivity index (χ4n) is 2.53. The number of benzene rings is 2. The van der Waals surface area contributed by atoms with E-state index in [2.05, 4.69) is 15.7 Å². The van der Waals surface area contributed by atoms with Crippen LogP contribution in [0, 0.1) is 0 Å². The Kier molecular flexibility index (Phi) is 4.28. The molecule has 3 aromatic rings. The van der Waals surface area contributed by atoms with E-state index in [1.165, 1.54) is 18.5 Å². The van der Waals surface area contributed by atoms with E-state index in [0.29, 0.717) is 28.7 Å². The molecule has 0 saturated heterocycles. The Labute approximate surface area is 151 Å². The van der Waals surface area contributed by atoms with Crippen molar-refractivity contribution < 1.29 is 27.2 Å². The average Bonchev–Trinajstić information content (AvgIpc) is 3.33. The zero-order chi connectivity index (χ0) is 18.9. The number of ether oxygens (including phenoxy) is 1. The van der Waals surface area contributed by atoms with Gasteiger partial charge in [0.05, 0.1) is 5.56 Å². The molecule has 1 aliphatic heterocycles. The number of nitrogens with zero attached hydrogens (tertiary/aromatic N) is 2. The zero-order valence-corrected chi connectivity index (χ0v) is 13.6. The smallest absolute Gasteiger partial charge is 0.416 e. The lowest BCUT2D eigenvalue weighted by Gasteiger charge is -2.10. The van der Waals surface area contributed by atoms with Crippen molar-refractivity contribution in [2.24, 2.45) is 0 Å². The molecule has 4 rings (SSSR count). The van der Waals surface area contributed by atoms with Gasteiger partial charge in [0.25, 0.3) is 0 Å². The molecule has 0 amide bonds. The lowest BCUT2D eigenvalue weighted by molar-refractivity contribution is -0.137. The van der Waals surface area contributed by atoms with Gasteiger partial charge >= 0.3 is 6.18 Å². The number of rotatable bonds is 4. The maximum absolute atomic E-state index is 12.6. The first-order valence-electron chi connectivity index (χ1n) is 7.84. The minimum atomic E-state index is -4.37. The summed E-state index contributed by atoms with van der Waals surface area (Å²) >= 11 is 0. The van der Waals surface area contributed by atoms with Crippen molar-refractivity contribution in [3.05, 3.63) is 78.0 Å². The average molecular weight is 375 g/mol. The molecule has 0 bridgehead atoms. The molecule has 1 atom stereocenters. The van der Waals surface area contributed by atoms with E-state index in [1.807, 2.05) is 0 Å². The minimum absolute atomic E-state index is 0.322. The molecule has 9 heteroatoms. The maximum Gasteiger partial charge on any atom is 0.416 e. The molecule has 1 aliphatic rings. The Morgan fingerprint density at radius 1 is 1.07 bits per heavy atom. The van der Waals surface area contributed by atoms with E-state index < -0.39 is 17.8 Å². The van der Waals surface area contributed by atoms with E-state index in [-0.39, 0.29) is 0 Å². The molecule has 0 unspecified atom stereocenters. The Morgan fingerprint density at radius 3 is 2.59 bits per heavy atom. The molecule has 1 aromatic heterocycles. The normalized spacial score (nSPS) is 16.7. The fraction of sp³-hybridized carbons (Fsp3) is 0.111. The summed E-state index contributed by atoms with van der Waals surface area (Å²) in [5, 5.41) is 7.45. The van der Waals surface area contributed by atoms with Crippen LogP contribution >= 0.6 is 0 Å². The summed E-state index contributed by atoms with van der Waals surface area (Å²) < 4.78 is 48.8. The summed E-state index contributed by atoms with van der Waals surface area (Å²) in [6.45, 7) is 0. The molecule has 6 nitrogen and oxygen atoms in total. The monoisotopic (exact) mass is 375 g/mol. The van der Waals surface area contributed by atoms with Gasteiger partial charge in [-0.3, -0.25) is 4.84 Å². The number of hydrogen-bond donors (Lipinski definition) is 1. The van der Waals surface area contributed by atoms with Crippen LogP contribution in [-0.2, 0) is 11.0 Å². The van der Waals surface area contributed by atoms with Crippen LogP contribution < -0.4 is 10.2 Å². The molecule has 0 spiro atoms. The molecule has 27 heavy (non-hydrogen) atoms. The van der Waals surface area contributed by atoms with Crippen LogP contribution in [0.25, 0.3) is 11.5 Å². The molecule has 0 radical (unpaired) electrons. The minimum Gasteiger partial charge on any atom is -0.439 e. The largest absolute Gasteiger partial charge is 0.439 e. The second-order valence-corrected chi connectivity index (χ2v) is 5.66. The number of hydrogen-bond acceptors (Lipinski definition) is 6. The van der Waals surface area contributed by atoms with Crippen molar-refractivity contribution in [1.29, 1.82) is 0 Å². The van der Waals surface area contributed by atoms with E-state index in [9.17, 15) is 13.2 Å². The van der Waals surface area contributed by atoms with Gasteiger partial charge in [0, 0.05) is 11.6 Å². The van der Waals surface area contributed by atoms with Gasteiger partial charge in [-0.25, -0.2) is 5.48 Å². The molecule has 2 heterocycles. The highest BCUT2D eigenvalue weighted by Gasteiger charge is 2.30. The summed E-state index contributed by atoms with van der Waals surface area (Å²) in [5.74, 6) is 1.18. The Bertz CT molecular complexity index is 954. The highest BCUT2D eigenvalue weighted by atomic mass is 19.4. The SMILES string of the molecule is FC(F)(F)c1ccc([C@@H]2C=C(Oc3cccc(-c4nnco4)c3)NO2)cc1. The van der Waals surface area contributed by atoms with Crippen LogP contribution in [-0.4, -0.2) is 10.2 Å². The second-order valence-electron chi connectivity index (χ2n) is 5.66. The van der Waals surface area contributed by atoms with Gasteiger partial charge in [0.15, 0.2) is 0 Å². The van der Waals surface area contributed by atoms with Gasteiger partial charge in [0.2, 0.25) is 18.2 Å². The summed E-state index contributed by atoms with van der Waals surface area (Å²) in [4.78, 5) is 5.36. The third-order valence-corrected chi connectivity index (χ3v) is 3.82. The molecular weight excluding hydrogens is 363 g/mol. The summed E-state index contributed by atoms with van der Waals surface area (Å²) in [7, 11) is 0. The number of halogens is 3. The Balaban J connectivity index is 1.48. The summed E-state index contributed by atoms with van der Waals surface area (Å²) in [6, 6.07) is 11.8. The third kappa shape index (κ3) is 3.77. The first-order valence-corrected chi connectivity index (χ1v) is 7.84. The second kappa shape index (κ2) is 6.76. The zero-order valence-electron chi connectivity index (χ0n) is 13.6. The van der Waals surface area contributed by atoms with Gasteiger partial charge in [-0.1, -0.05) is 18.2 Å². The lowest BCUT2D eigenvalue weighted by atomic mass is 10.1. The molecule has 138 valence electrons. The van der Waals surface area contributed by atoms with Crippen molar-refractivity contribution in [3.8, 4) is 17.2 Å². The van der Waals surface area contributed by atoms with Gasteiger partial charge in [-0.15, -0.1) is 10.2 Å². The Hall–Kier alpha value is -3.33. The number of aromatic nitrogens is 2. The van der Waals surface area contributed by atoms with Crippen molar-refractivity contribution in [2.75, 3.05) is 0 Å². The van der Waals surface area contributed by atoms with Crippen LogP contribution in [0.4, 0.5) is 13.2 Å². The molecular formula is C18H12F3N3O3. The van der Waals surface area contributed by atoms with Crippen molar-refractivity contribution in [3.63, 3.8) is 0 Å². The van der Waals surface area contributed by atoms with E-state index >= 15 is 0 Å². The van der Waals surface area contributed by atoms with Crippen molar-refractivity contribution in [2.45, 2.75) is 12.3 Å². The molecule has 0 saturated carbocycles. The number of alkyl halides is 3. The van der Waals surface area contributed by atoms with Crippen molar-refractivity contribution in [1.82, 2.24) is 15.7 Å². The quantitative estimate of drug-likeness (QED) is 0.735. The highest BCUT2D eigenvalue weighted by molar-refractivity contribution is 5.55. The summed E-state index contributed by atoms with van der Waals surface area (Å²) in [5.41, 5.74) is 3.15. The van der Waals surface area contributed by atoms with Crippen LogP contribution in [0.3, 0.4) is 0 Å². The number of hydroxylamine groups is 1. The van der Waals surface area contributed by atoms with E-state index in [0.717, 1.165) is 12.1 Å². The van der Waals surface area contributed by atoms with Gasteiger partial charge < -0.3 is 9.15 Å². The van der Waals surface area contributed by atoms with Gasteiger partial charge in [-0.2, -0.15) is 13.2 Å². The first kappa shape index (κ1) is 17.1. The molecule has 0 fully saturated rings. The third-order valence-electron chi connectivity index (χ3n) is 3.82. The van der Waals surface area contributed by atoms with E-state index in [1.54, 1.807) is 30.3 Å². The van der Waals surface area contributed by atoms with E-state index in [4.69, 9.17) is 14.0 Å². The summed E-state index contributed by atoms with van der Waals surface area (Å²) in [6.07, 6.45) is -2.09.